The van der Waals surface area contributed by atoms with Crippen LogP contribution in [-0.2, 0) is 6.42 Å². The Labute approximate surface area is 110 Å². The molecule has 1 heterocycles. The summed E-state index contributed by atoms with van der Waals surface area (Å²) in [5, 5.41) is 4.59. The van der Waals surface area contributed by atoms with Crippen molar-refractivity contribution < 1.29 is 0 Å². The van der Waals surface area contributed by atoms with Gasteiger partial charge in [0.05, 0.1) is 0 Å². The summed E-state index contributed by atoms with van der Waals surface area (Å²) in [5.74, 6) is 0. The highest BCUT2D eigenvalue weighted by Crippen LogP contribution is 2.25. The molecule has 18 heavy (non-hydrogen) atoms. The van der Waals surface area contributed by atoms with Crippen LogP contribution in [0.5, 0.6) is 0 Å². The van der Waals surface area contributed by atoms with Crippen LogP contribution >= 0.6 is 0 Å². The average molecular weight is 244 g/mol. The van der Waals surface area contributed by atoms with Gasteiger partial charge in [0.1, 0.15) is 0 Å². The third-order valence-electron chi connectivity index (χ3n) is 3.55. The fraction of sp³-hybridized carbons (Fsp3) is 0.500. The second-order valence-electron chi connectivity index (χ2n) is 5.37. The van der Waals surface area contributed by atoms with Crippen molar-refractivity contribution in [2.24, 2.45) is 0 Å². The zero-order valence-electron chi connectivity index (χ0n) is 12.0. The van der Waals surface area contributed by atoms with Crippen LogP contribution < -0.4 is 5.32 Å². The van der Waals surface area contributed by atoms with Crippen LogP contribution in [0.2, 0.25) is 0 Å². The number of aromatic nitrogens is 1. The van der Waals surface area contributed by atoms with Gasteiger partial charge in [-0.15, -0.1) is 0 Å². The molecule has 0 amide bonds. The lowest BCUT2D eigenvalue weighted by Gasteiger charge is -2.10. The van der Waals surface area contributed by atoms with Crippen LogP contribution in [0.15, 0.2) is 24.4 Å². The average Bonchev–Trinajstić information content (AvgIpc) is 2.67. The Morgan fingerprint density at radius 2 is 2.06 bits per heavy atom. The van der Waals surface area contributed by atoms with Crippen LogP contribution in [-0.4, -0.2) is 18.2 Å². The maximum atomic E-state index is 3.20. The van der Waals surface area contributed by atoms with Gasteiger partial charge in [-0.3, -0.25) is 0 Å². The molecule has 0 atom stereocenters. The van der Waals surface area contributed by atoms with Crippen molar-refractivity contribution in [3.05, 3.63) is 35.5 Å². The molecule has 0 unspecified atom stereocenters. The van der Waals surface area contributed by atoms with Gasteiger partial charge in [0, 0.05) is 23.1 Å². The minimum Gasteiger partial charge on any atom is -0.345 e. The van der Waals surface area contributed by atoms with Crippen molar-refractivity contribution in [2.45, 2.75) is 39.7 Å². The Balaban J connectivity index is 2.33. The van der Waals surface area contributed by atoms with E-state index in [2.05, 4.69) is 55.1 Å². The summed E-state index contributed by atoms with van der Waals surface area (Å²) >= 11 is 0. The van der Waals surface area contributed by atoms with Gasteiger partial charge in [-0.1, -0.05) is 12.1 Å². The molecule has 1 N–H and O–H groups in total. The standard InChI is InChI=1S/C16H24N2/c1-12(2)18-11-13(3)15-8-7-14(10-16(15)18)6-5-9-17-4/h7-8,10-12,17H,5-6,9H2,1-4H3. The van der Waals surface area contributed by atoms with Crippen molar-refractivity contribution in [1.29, 1.82) is 0 Å². The molecule has 0 aliphatic heterocycles. The molecular formula is C16H24N2. The van der Waals surface area contributed by atoms with E-state index in [1.807, 2.05) is 7.05 Å². The molecule has 0 bridgehead atoms. The topological polar surface area (TPSA) is 17.0 Å². The number of aryl methyl sites for hydroxylation is 2. The third kappa shape index (κ3) is 2.59. The van der Waals surface area contributed by atoms with E-state index >= 15 is 0 Å². The summed E-state index contributed by atoms with van der Waals surface area (Å²) < 4.78 is 2.38. The van der Waals surface area contributed by atoms with Crippen LogP contribution in [0.1, 0.15) is 37.4 Å². The Morgan fingerprint density at radius 1 is 1.28 bits per heavy atom. The quantitative estimate of drug-likeness (QED) is 0.794. The highest BCUT2D eigenvalue weighted by atomic mass is 15.0. The van der Waals surface area contributed by atoms with Gasteiger partial charge < -0.3 is 9.88 Å². The monoisotopic (exact) mass is 244 g/mol. The van der Waals surface area contributed by atoms with Crippen molar-refractivity contribution in [1.82, 2.24) is 9.88 Å². The first-order valence-corrected chi connectivity index (χ1v) is 6.88. The second-order valence-corrected chi connectivity index (χ2v) is 5.37. The fourth-order valence-electron chi connectivity index (χ4n) is 2.52. The van der Waals surface area contributed by atoms with Gasteiger partial charge in [0.15, 0.2) is 0 Å². The van der Waals surface area contributed by atoms with Crippen molar-refractivity contribution in [3.63, 3.8) is 0 Å². The van der Waals surface area contributed by atoms with Crippen LogP contribution in [0, 0.1) is 6.92 Å². The van der Waals surface area contributed by atoms with Crippen LogP contribution in [0.4, 0.5) is 0 Å². The molecule has 0 fully saturated rings. The molecule has 0 saturated heterocycles. The summed E-state index contributed by atoms with van der Waals surface area (Å²) in [6.07, 6.45) is 4.62. The predicted octanol–water partition coefficient (Wildman–Crippen LogP) is 3.68. The highest BCUT2D eigenvalue weighted by Gasteiger charge is 2.08. The molecule has 0 spiro atoms. The van der Waals surface area contributed by atoms with Gasteiger partial charge in [-0.2, -0.15) is 0 Å². The van der Waals surface area contributed by atoms with E-state index in [1.165, 1.54) is 28.5 Å². The molecule has 0 saturated carbocycles. The number of nitrogens with one attached hydrogen (secondary N) is 1. The molecular weight excluding hydrogens is 220 g/mol. The molecule has 0 radical (unpaired) electrons. The van der Waals surface area contributed by atoms with Crippen LogP contribution in [0.25, 0.3) is 10.9 Å². The lowest BCUT2D eigenvalue weighted by molar-refractivity contribution is 0.621. The molecule has 0 aliphatic rings. The number of rotatable bonds is 5. The number of nitrogens with zero attached hydrogens (tertiary/aromatic N) is 1. The van der Waals surface area contributed by atoms with Gasteiger partial charge in [-0.25, -0.2) is 0 Å². The largest absolute Gasteiger partial charge is 0.345 e. The predicted molar refractivity (Wildman–Crippen MR) is 79.3 cm³/mol. The normalized spacial score (nSPS) is 11.6. The van der Waals surface area contributed by atoms with E-state index in [9.17, 15) is 0 Å². The van der Waals surface area contributed by atoms with Gasteiger partial charge in [0.2, 0.25) is 0 Å². The van der Waals surface area contributed by atoms with E-state index < -0.39 is 0 Å². The summed E-state index contributed by atoms with van der Waals surface area (Å²) in [6, 6.07) is 7.43. The number of hydrogen-bond acceptors (Lipinski definition) is 1. The second kappa shape index (κ2) is 5.57. The highest BCUT2D eigenvalue weighted by molar-refractivity contribution is 5.84. The summed E-state index contributed by atoms with van der Waals surface area (Å²) in [6.45, 7) is 7.77. The molecule has 0 aliphatic carbocycles. The van der Waals surface area contributed by atoms with Crippen molar-refractivity contribution in [2.75, 3.05) is 13.6 Å². The summed E-state index contributed by atoms with van der Waals surface area (Å²) in [4.78, 5) is 0. The minimum atomic E-state index is 0.522. The van der Waals surface area contributed by atoms with E-state index in [-0.39, 0.29) is 0 Å². The van der Waals surface area contributed by atoms with Crippen molar-refractivity contribution in [3.8, 4) is 0 Å². The first kappa shape index (κ1) is 13.2. The number of fused-ring (bicyclic) bond motifs is 1. The lowest BCUT2D eigenvalue weighted by Crippen LogP contribution is -2.08. The Morgan fingerprint density at radius 3 is 2.72 bits per heavy atom. The maximum absolute atomic E-state index is 3.20. The van der Waals surface area contributed by atoms with Gasteiger partial charge in [0.25, 0.3) is 0 Å². The minimum absolute atomic E-state index is 0.522. The zero-order valence-corrected chi connectivity index (χ0v) is 12.0. The molecule has 2 rings (SSSR count). The molecule has 98 valence electrons. The third-order valence-corrected chi connectivity index (χ3v) is 3.55. The molecule has 2 aromatic rings. The Bertz CT molecular complexity index is 523. The van der Waals surface area contributed by atoms with Gasteiger partial charge in [-0.05, 0) is 64.4 Å². The number of hydrogen-bond donors (Lipinski definition) is 1. The maximum Gasteiger partial charge on any atom is 0.0488 e. The van der Waals surface area contributed by atoms with E-state index in [0.29, 0.717) is 6.04 Å². The Kier molecular flexibility index (Phi) is 4.07. The Hall–Kier alpha value is -1.28. The van der Waals surface area contributed by atoms with E-state index in [4.69, 9.17) is 0 Å². The number of benzene rings is 1. The summed E-state index contributed by atoms with van der Waals surface area (Å²) in [5.41, 5.74) is 4.20. The van der Waals surface area contributed by atoms with Gasteiger partial charge >= 0.3 is 0 Å². The van der Waals surface area contributed by atoms with E-state index in [1.54, 1.807) is 0 Å². The SMILES string of the molecule is CNCCCc1ccc2c(C)cn(C(C)C)c2c1. The van der Waals surface area contributed by atoms with E-state index in [0.717, 1.165) is 13.0 Å². The smallest absolute Gasteiger partial charge is 0.0488 e. The fourth-order valence-corrected chi connectivity index (χ4v) is 2.52. The van der Waals surface area contributed by atoms with Crippen LogP contribution in [0.3, 0.4) is 0 Å². The first-order chi connectivity index (χ1) is 8.63. The molecule has 2 nitrogen and oxygen atoms in total. The first-order valence-electron chi connectivity index (χ1n) is 6.88. The molecule has 2 heteroatoms. The van der Waals surface area contributed by atoms with Crippen molar-refractivity contribution >= 4 is 10.9 Å². The molecule has 1 aromatic heterocycles. The molecule has 1 aromatic carbocycles. The lowest BCUT2D eigenvalue weighted by atomic mass is 10.1. The zero-order chi connectivity index (χ0) is 13.1. The summed E-state index contributed by atoms with van der Waals surface area (Å²) in [7, 11) is 2.01.